The molecule has 240 valence electrons. The number of nitrogens with one attached hydrogen (secondary N) is 2. The molecule has 2 aliphatic heterocycles. The molecule has 2 aromatic heterocycles. The minimum absolute atomic E-state index is 0. The van der Waals surface area contributed by atoms with Crippen LogP contribution in [0.25, 0.3) is 11.0 Å². The van der Waals surface area contributed by atoms with Crippen LogP contribution in [0.4, 0.5) is 5.69 Å². The van der Waals surface area contributed by atoms with Crippen molar-refractivity contribution in [2.45, 2.75) is 32.2 Å². The van der Waals surface area contributed by atoms with Gasteiger partial charge in [-0.3, -0.25) is 9.69 Å². The first-order chi connectivity index (χ1) is 19.5. The molecule has 0 spiro atoms. The SMILES string of the molecule is CC(C)NC[C@@H](C(=O)N1CCN(c2c(OCCCN3CCOCC3)cnc3[nH]ccc23)CC1)c1ccc(Cl)cc1.Cl.Cl.Cl. The molecule has 13 heteroatoms. The van der Waals surface area contributed by atoms with Crippen molar-refractivity contribution in [3.8, 4) is 5.75 Å². The fraction of sp³-hybridized carbons (Fsp3) is 0.533. The molecule has 2 fully saturated rings. The van der Waals surface area contributed by atoms with E-state index in [-0.39, 0.29) is 49.0 Å². The number of H-pyrrole nitrogens is 1. The third-order valence-electron chi connectivity index (χ3n) is 7.71. The number of anilines is 1. The first-order valence-electron chi connectivity index (χ1n) is 14.4. The second kappa shape index (κ2) is 18.1. The molecule has 43 heavy (non-hydrogen) atoms. The van der Waals surface area contributed by atoms with Gasteiger partial charge in [0.15, 0.2) is 5.75 Å². The summed E-state index contributed by atoms with van der Waals surface area (Å²) in [6.07, 6.45) is 4.69. The molecular weight excluding hydrogens is 634 g/mol. The number of aromatic amines is 1. The van der Waals surface area contributed by atoms with Gasteiger partial charge in [0.2, 0.25) is 5.91 Å². The van der Waals surface area contributed by atoms with Gasteiger partial charge in [-0.2, -0.15) is 0 Å². The summed E-state index contributed by atoms with van der Waals surface area (Å²) < 4.78 is 11.8. The molecule has 2 N–H and O–H groups in total. The number of morpholine rings is 1. The van der Waals surface area contributed by atoms with E-state index in [1.165, 1.54) is 0 Å². The summed E-state index contributed by atoms with van der Waals surface area (Å²) in [5.41, 5.74) is 2.89. The highest BCUT2D eigenvalue weighted by atomic mass is 35.5. The summed E-state index contributed by atoms with van der Waals surface area (Å²) in [5, 5.41) is 5.18. The molecule has 1 amide bonds. The maximum atomic E-state index is 13.8. The Hall–Kier alpha value is -1.98. The number of amides is 1. The van der Waals surface area contributed by atoms with Gasteiger partial charge in [0.05, 0.1) is 37.6 Å². The van der Waals surface area contributed by atoms with Gasteiger partial charge >= 0.3 is 0 Å². The van der Waals surface area contributed by atoms with E-state index < -0.39 is 0 Å². The molecule has 0 radical (unpaired) electrons. The first kappa shape index (κ1) is 37.2. The lowest BCUT2D eigenvalue weighted by Gasteiger charge is -2.38. The van der Waals surface area contributed by atoms with Gasteiger partial charge in [-0.05, 0) is 30.2 Å². The molecule has 9 nitrogen and oxygen atoms in total. The fourth-order valence-electron chi connectivity index (χ4n) is 5.47. The lowest BCUT2D eigenvalue weighted by Crippen LogP contribution is -2.51. The lowest BCUT2D eigenvalue weighted by atomic mass is 9.96. The van der Waals surface area contributed by atoms with E-state index in [9.17, 15) is 4.79 Å². The van der Waals surface area contributed by atoms with Gasteiger partial charge in [-0.25, -0.2) is 4.98 Å². The van der Waals surface area contributed by atoms with Crippen LogP contribution in [0.3, 0.4) is 0 Å². The molecule has 0 bridgehead atoms. The average Bonchev–Trinajstić information content (AvgIpc) is 3.45. The molecule has 1 atom stereocenters. The number of hydrogen-bond donors (Lipinski definition) is 2. The van der Waals surface area contributed by atoms with Crippen LogP contribution in [0.15, 0.2) is 42.7 Å². The maximum Gasteiger partial charge on any atom is 0.231 e. The van der Waals surface area contributed by atoms with Gasteiger partial charge in [-0.1, -0.05) is 37.6 Å². The van der Waals surface area contributed by atoms with Crippen LogP contribution in [0, 0.1) is 0 Å². The number of aromatic nitrogens is 2. The van der Waals surface area contributed by atoms with E-state index in [4.69, 9.17) is 21.1 Å². The normalized spacial score (nSPS) is 16.3. The number of ether oxygens (including phenoxy) is 2. The number of carbonyl (C=O) groups is 1. The van der Waals surface area contributed by atoms with Gasteiger partial charge < -0.3 is 29.6 Å². The smallest absolute Gasteiger partial charge is 0.231 e. The Balaban J connectivity index is 0.00000215. The van der Waals surface area contributed by atoms with E-state index in [0.717, 1.165) is 80.4 Å². The predicted octanol–water partition coefficient (Wildman–Crippen LogP) is 5.01. The second-order valence-corrected chi connectivity index (χ2v) is 11.3. The van der Waals surface area contributed by atoms with Crippen molar-refractivity contribution < 1.29 is 14.3 Å². The summed E-state index contributed by atoms with van der Waals surface area (Å²) in [4.78, 5) is 28.3. The van der Waals surface area contributed by atoms with Gasteiger partial charge in [-0.15, -0.1) is 37.2 Å². The van der Waals surface area contributed by atoms with Crippen LogP contribution in [0.1, 0.15) is 31.7 Å². The molecule has 0 saturated carbocycles. The van der Waals surface area contributed by atoms with Crippen LogP contribution >= 0.6 is 48.8 Å². The number of halogens is 4. The number of fused-ring (bicyclic) bond motifs is 1. The number of hydrogen-bond acceptors (Lipinski definition) is 7. The molecule has 1 aromatic carbocycles. The highest BCUT2D eigenvalue weighted by Crippen LogP contribution is 2.36. The molecule has 2 saturated heterocycles. The van der Waals surface area contributed by atoms with Crippen molar-refractivity contribution in [1.82, 2.24) is 25.1 Å². The fourth-order valence-corrected chi connectivity index (χ4v) is 5.60. The summed E-state index contributed by atoms with van der Waals surface area (Å²) in [7, 11) is 0. The Morgan fingerprint density at radius 1 is 1.05 bits per heavy atom. The van der Waals surface area contributed by atoms with Crippen molar-refractivity contribution in [2.24, 2.45) is 0 Å². The Labute approximate surface area is 278 Å². The average molecular weight is 679 g/mol. The van der Waals surface area contributed by atoms with E-state index in [2.05, 4.69) is 45.0 Å². The summed E-state index contributed by atoms with van der Waals surface area (Å²) in [5.74, 6) is 0.694. The molecule has 3 aromatic rings. The van der Waals surface area contributed by atoms with Crippen molar-refractivity contribution in [3.63, 3.8) is 0 Å². The van der Waals surface area contributed by atoms with E-state index in [1.807, 2.05) is 41.6 Å². The number of benzene rings is 1. The Bertz CT molecular complexity index is 1250. The van der Waals surface area contributed by atoms with Crippen LogP contribution in [-0.4, -0.2) is 104 Å². The highest BCUT2D eigenvalue weighted by molar-refractivity contribution is 6.30. The summed E-state index contributed by atoms with van der Waals surface area (Å²) >= 11 is 6.13. The van der Waals surface area contributed by atoms with Crippen LogP contribution in [0.5, 0.6) is 5.75 Å². The Kier molecular flexibility index (Phi) is 15.7. The topological polar surface area (TPSA) is 86.0 Å². The largest absolute Gasteiger partial charge is 0.490 e. The van der Waals surface area contributed by atoms with Gasteiger partial charge in [0.1, 0.15) is 5.65 Å². The predicted molar refractivity (Wildman–Crippen MR) is 181 cm³/mol. The standard InChI is InChI=1S/C30H41ClN6O3.3ClH/c1-22(2)33-20-26(23-4-6-24(31)7-5-23)30(38)37-13-11-36(12-14-37)28-25-8-9-32-29(25)34-21-27(28)40-17-3-10-35-15-18-39-19-16-35;;;/h4-9,21-22,26,33H,3,10-20H2,1-2H3,(H,32,34);3*1H/t26-;;;/m1.../s1. The quantitative estimate of drug-likeness (QED) is 0.276. The van der Waals surface area contributed by atoms with Gasteiger partial charge in [0, 0.05) is 75.0 Å². The molecule has 0 unspecified atom stereocenters. The monoisotopic (exact) mass is 676 g/mol. The van der Waals surface area contributed by atoms with Gasteiger partial charge in [0.25, 0.3) is 0 Å². The Morgan fingerprint density at radius 2 is 1.74 bits per heavy atom. The summed E-state index contributed by atoms with van der Waals surface area (Å²) in [6.45, 7) is 12.8. The minimum Gasteiger partial charge on any atom is -0.490 e. The maximum absolute atomic E-state index is 13.8. The van der Waals surface area contributed by atoms with E-state index in [1.54, 1.807) is 0 Å². The number of carbonyl (C=O) groups excluding carboxylic acids is 1. The van der Waals surface area contributed by atoms with Crippen LogP contribution < -0.4 is 15.0 Å². The van der Waals surface area contributed by atoms with Crippen LogP contribution in [-0.2, 0) is 9.53 Å². The molecule has 4 heterocycles. The molecule has 0 aliphatic carbocycles. The molecule has 2 aliphatic rings. The highest BCUT2D eigenvalue weighted by Gasteiger charge is 2.30. The number of rotatable bonds is 11. The zero-order chi connectivity index (χ0) is 27.9. The number of nitrogens with zero attached hydrogens (tertiary/aromatic N) is 4. The molecular formula is C30H44Cl4N6O3. The Morgan fingerprint density at radius 3 is 2.42 bits per heavy atom. The minimum atomic E-state index is -0.256. The third-order valence-corrected chi connectivity index (χ3v) is 7.96. The van der Waals surface area contributed by atoms with E-state index >= 15 is 0 Å². The van der Waals surface area contributed by atoms with Crippen molar-refractivity contribution in [1.29, 1.82) is 0 Å². The number of piperazine rings is 1. The molecule has 5 rings (SSSR count). The van der Waals surface area contributed by atoms with Crippen molar-refractivity contribution >= 4 is 71.5 Å². The first-order valence-corrected chi connectivity index (χ1v) is 14.8. The van der Waals surface area contributed by atoms with E-state index in [0.29, 0.717) is 37.3 Å². The van der Waals surface area contributed by atoms with Crippen molar-refractivity contribution in [3.05, 3.63) is 53.3 Å². The zero-order valence-corrected chi connectivity index (χ0v) is 28.0. The lowest BCUT2D eigenvalue weighted by molar-refractivity contribution is -0.133. The second-order valence-electron chi connectivity index (χ2n) is 10.8. The van der Waals surface area contributed by atoms with Crippen molar-refractivity contribution in [2.75, 3.05) is 77.1 Å². The summed E-state index contributed by atoms with van der Waals surface area (Å²) in [6, 6.07) is 10.00. The third kappa shape index (κ3) is 9.75. The van der Waals surface area contributed by atoms with Crippen LogP contribution in [0.2, 0.25) is 5.02 Å². The number of pyridine rings is 1. The zero-order valence-electron chi connectivity index (χ0n) is 24.8.